The third-order valence-electron chi connectivity index (χ3n) is 3.44. The Kier molecular flexibility index (Phi) is 3.83. The molecule has 7 heteroatoms. The molecular formula is C14H16N4O2S. The molecular weight excluding hydrogens is 288 g/mol. The molecule has 0 bridgehead atoms. The summed E-state index contributed by atoms with van der Waals surface area (Å²) in [5.74, 6) is 0.0988. The molecule has 3 rings (SSSR count). The number of nitrogens with one attached hydrogen (secondary N) is 2. The molecule has 0 aromatic carbocycles. The second-order valence-electron chi connectivity index (χ2n) is 5.05. The molecule has 6 nitrogen and oxygen atoms in total. The molecule has 0 atom stereocenters. The maximum Gasteiger partial charge on any atom is 0.263 e. The number of hydrogen-bond acceptors (Lipinski definition) is 5. The number of H-pyrrole nitrogens is 1. The Hall–Kier alpha value is -2.02. The van der Waals surface area contributed by atoms with Crippen LogP contribution >= 0.6 is 11.3 Å². The Morgan fingerprint density at radius 1 is 1.48 bits per heavy atom. The van der Waals surface area contributed by atoms with E-state index in [4.69, 9.17) is 0 Å². The molecule has 21 heavy (non-hydrogen) atoms. The summed E-state index contributed by atoms with van der Waals surface area (Å²) in [4.78, 5) is 36.0. The van der Waals surface area contributed by atoms with Crippen LogP contribution in [0.4, 0.5) is 0 Å². The zero-order valence-electron chi connectivity index (χ0n) is 11.7. The van der Waals surface area contributed by atoms with Crippen molar-refractivity contribution in [2.75, 3.05) is 6.54 Å². The predicted octanol–water partition coefficient (Wildman–Crippen LogP) is 0.996. The highest BCUT2D eigenvalue weighted by molar-refractivity contribution is 7.11. The number of hydrogen-bond donors (Lipinski definition) is 2. The molecule has 0 aliphatic heterocycles. The molecule has 0 unspecified atom stereocenters. The van der Waals surface area contributed by atoms with Crippen molar-refractivity contribution in [3.8, 4) is 0 Å². The number of rotatable bonds is 4. The van der Waals surface area contributed by atoms with Crippen LogP contribution in [0.25, 0.3) is 0 Å². The first-order chi connectivity index (χ1) is 10.1. The van der Waals surface area contributed by atoms with Gasteiger partial charge in [0.1, 0.15) is 11.4 Å². The molecule has 0 fully saturated rings. The molecule has 2 N–H and O–H groups in total. The lowest BCUT2D eigenvalue weighted by molar-refractivity contribution is 0.0952. The van der Waals surface area contributed by atoms with E-state index in [1.54, 1.807) is 18.3 Å². The zero-order chi connectivity index (χ0) is 14.8. The highest BCUT2D eigenvalue weighted by Crippen LogP contribution is 2.27. The van der Waals surface area contributed by atoms with E-state index in [1.165, 1.54) is 23.2 Å². The number of amides is 1. The molecule has 1 aliphatic rings. The third kappa shape index (κ3) is 3.02. The van der Waals surface area contributed by atoms with E-state index in [-0.39, 0.29) is 5.56 Å². The van der Waals surface area contributed by atoms with Crippen molar-refractivity contribution in [2.24, 2.45) is 0 Å². The number of thiazole rings is 1. The lowest BCUT2D eigenvalue weighted by Gasteiger charge is -2.03. The van der Waals surface area contributed by atoms with Gasteiger partial charge in [-0.2, -0.15) is 0 Å². The summed E-state index contributed by atoms with van der Waals surface area (Å²) in [7, 11) is 0. The smallest absolute Gasteiger partial charge is 0.263 e. The van der Waals surface area contributed by atoms with Gasteiger partial charge in [0.05, 0.1) is 10.7 Å². The summed E-state index contributed by atoms with van der Waals surface area (Å²) in [6, 6.07) is 0. The average molecular weight is 304 g/mol. The van der Waals surface area contributed by atoms with E-state index in [0.29, 0.717) is 18.8 Å². The lowest BCUT2D eigenvalue weighted by Crippen LogP contribution is -2.31. The van der Waals surface area contributed by atoms with Crippen molar-refractivity contribution in [2.45, 2.75) is 32.6 Å². The summed E-state index contributed by atoms with van der Waals surface area (Å²) in [5.41, 5.74) is 0.857. The summed E-state index contributed by atoms with van der Waals surface area (Å²) in [5, 5.41) is 3.79. The van der Waals surface area contributed by atoms with Crippen molar-refractivity contribution in [1.29, 1.82) is 0 Å². The van der Waals surface area contributed by atoms with Crippen LogP contribution in [0.1, 0.15) is 38.2 Å². The molecule has 0 spiro atoms. The number of nitrogens with zero attached hydrogens (tertiary/aromatic N) is 2. The fourth-order valence-electron chi connectivity index (χ4n) is 2.37. The molecule has 0 saturated heterocycles. The van der Waals surface area contributed by atoms with Crippen LogP contribution in [0, 0.1) is 6.92 Å². The van der Waals surface area contributed by atoms with Crippen LogP contribution in [-0.4, -0.2) is 27.4 Å². The van der Waals surface area contributed by atoms with Crippen LogP contribution in [0.15, 0.2) is 11.0 Å². The van der Waals surface area contributed by atoms with E-state index >= 15 is 0 Å². The fourth-order valence-corrected chi connectivity index (χ4v) is 3.53. The van der Waals surface area contributed by atoms with Gasteiger partial charge in [0, 0.05) is 24.0 Å². The van der Waals surface area contributed by atoms with Crippen molar-refractivity contribution in [1.82, 2.24) is 20.3 Å². The first-order valence-electron chi connectivity index (χ1n) is 6.95. The van der Waals surface area contributed by atoms with E-state index in [2.05, 4.69) is 20.3 Å². The van der Waals surface area contributed by atoms with Crippen molar-refractivity contribution < 1.29 is 4.79 Å². The summed E-state index contributed by atoms with van der Waals surface area (Å²) < 4.78 is 0. The van der Waals surface area contributed by atoms with Crippen molar-refractivity contribution >= 4 is 17.2 Å². The van der Waals surface area contributed by atoms with E-state index in [0.717, 1.165) is 17.8 Å². The normalized spacial score (nSPS) is 13.2. The van der Waals surface area contributed by atoms with Gasteiger partial charge in [0.15, 0.2) is 0 Å². The topological polar surface area (TPSA) is 87.7 Å². The molecule has 2 aromatic rings. The maximum absolute atomic E-state index is 11.9. The Morgan fingerprint density at radius 3 is 3.10 bits per heavy atom. The molecule has 0 saturated carbocycles. The van der Waals surface area contributed by atoms with Gasteiger partial charge in [-0.1, -0.05) is 0 Å². The zero-order valence-corrected chi connectivity index (χ0v) is 12.5. The Balaban J connectivity index is 1.57. The first kappa shape index (κ1) is 13.9. The number of aromatic nitrogens is 3. The molecule has 2 heterocycles. The standard InChI is InChI=1S/C14H16N4O2S/c1-8-16-7-9(14(20)17-8)13(19)15-6-5-12-18-10-3-2-4-11(10)21-12/h7H,2-6H2,1H3,(H,15,19)(H,16,17,20). The molecule has 1 amide bonds. The minimum absolute atomic E-state index is 0.0437. The second-order valence-corrected chi connectivity index (χ2v) is 6.22. The molecule has 2 aromatic heterocycles. The largest absolute Gasteiger partial charge is 0.351 e. The quantitative estimate of drug-likeness (QED) is 0.882. The van der Waals surface area contributed by atoms with Gasteiger partial charge < -0.3 is 10.3 Å². The van der Waals surface area contributed by atoms with Gasteiger partial charge in [-0.3, -0.25) is 9.59 Å². The van der Waals surface area contributed by atoms with Crippen LogP contribution in [0.2, 0.25) is 0 Å². The SMILES string of the molecule is Cc1ncc(C(=O)NCCc2nc3c(s2)CCC3)c(=O)[nH]1. The fraction of sp³-hybridized carbons (Fsp3) is 0.429. The number of carbonyl (C=O) groups excluding carboxylic acids is 1. The molecule has 1 aliphatic carbocycles. The van der Waals surface area contributed by atoms with Gasteiger partial charge >= 0.3 is 0 Å². The predicted molar refractivity (Wildman–Crippen MR) is 79.8 cm³/mol. The minimum atomic E-state index is -0.409. The van der Waals surface area contributed by atoms with Crippen LogP contribution in [0.3, 0.4) is 0 Å². The van der Waals surface area contributed by atoms with Gasteiger partial charge in [0.25, 0.3) is 11.5 Å². The van der Waals surface area contributed by atoms with E-state index in [1.807, 2.05) is 0 Å². The molecule has 110 valence electrons. The van der Waals surface area contributed by atoms with Gasteiger partial charge in [-0.05, 0) is 26.2 Å². The number of aromatic amines is 1. The summed E-state index contributed by atoms with van der Waals surface area (Å²) in [6.45, 7) is 2.14. The monoisotopic (exact) mass is 304 g/mol. The number of fused-ring (bicyclic) bond motifs is 1. The average Bonchev–Trinajstić information content (AvgIpc) is 2.99. The summed E-state index contributed by atoms with van der Waals surface area (Å²) >= 11 is 1.73. The van der Waals surface area contributed by atoms with Crippen LogP contribution in [-0.2, 0) is 19.3 Å². The minimum Gasteiger partial charge on any atom is -0.351 e. The summed E-state index contributed by atoms with van der Waals surface area (Å²) in [6.07, 6.45) is 5.41. The Labute approximate surface area is 125 Å². The van der Waals surface area contributed by atoms with Gasteiger partial charge in [0.2, 0.25) is 0 Å². The first-order valence-corrected chi connectivity index (χ1v) is 7.76. The van der Waals surface area contributed by atoms with Gasteiger partial charge in [-0.25, -0.2) is 9.97 Å². The van der Waals surface area contributed by atoms with Crippen molar-refractivity contribution in [3.05, 3.63) is 43.5 Å². The number of aryl methyl sites for hydroxylation is 3. The second kappa shape index (κ2) is 5.77. The Bertz CT molecular complexity index is 713. The van der Waals surface area contributed by atoms with E-state index < -0.39 is 11.5 Å². The highest BCUT2D eigenvalue weighted by atomic mass is 32.1. The van der Waals surface area contributed by atoms with Gasteiger partial charge in [-0.15, -0.1) is 11.3 Å². The third-order valence-corrected chi connectivity index (χ3v) is 4.65. The molecule has 0 radical (unpaired) electrons. The Morgan fingerprint density at radius 2 is 2.33 bits per heavy atom. The van der Waals surface area contributed by atoms with Crippen molar-refractivity contribution in [3.63, 3.8) is 0 Å². The van der Waals surface area contributed by atoms with Crippen LogP contribution < -0.4 is 10.9 Å². The number of carbonyl (C=O) groups is 1. The maximum atomic E-state index is 11.9. The highest BCUT2D eigenvalue weighted by Gasteiger charge is 2.16. The van der Waals surface area contributed by atoms with E-state index in [9.17, 15) is 9.59 Å². The van der Waals surface area contributed by atoms with Crippen LogP contribution in [0.5, 0.6) is 0 Å². The lowest BCUT2D eigenvalue weighted by atomic mass is 10.3.